The number of aromatic amines is 2. The molecule has 0 saturated heterocycles. The van der Waals surface area contributed by atoms with Gasteiger partial charge >= 0.3 is 6.33 Å². The fraction of sp³-hybridized carbons (Fsp3) is 0. The van der Waals surface area contributed by atoms with Gasteiger partial charge in [-0.15, -0.1) is 0 Å². The molecule has 1 aromatic rings. The number of tetrazole rings is 1. The topological polar surface area (TPSA) is 67.4 Å². The molecule has 0 saturated carbocycles. The molecule has 5 nitrogen and oxygen atoms in total. The molecule has 1 aromatic heterocycles. The average molecular weight is 87.1 g/mol. The fourth-order valence-corrected chi connectivity index (χ4v) is 0.188. The zero-order chi connectivity index (χ0) is 4.41. The summed E-state index contributed by atoms with van der Waals surface area (Å²) in [5.74, 6) is 0. The summed E-state index contributed by atoms with van der Waals surface area (Å²) < 4.78 is 0.458. The van der Waals surface area contributed by atoms with Gasteiger partial charge in [-0.2, -0.15) is 0 Å². The molecule has 0 aromatic carbocycles. The Kier molecular flexibility index (Phi) is 0.474. The van der Waals surface area contributed by atoms with Gasteiger partial charge in [-0.25, -0.2) is 0 Å². The Morgan fingerprint density at radius 1 is 1.83 bits per heavy atom. The second-order valence-corrected chi connectivity index (χ2v) is 0.794. The van der Waals surface area contributed by atoms with Gasteiger partial charge in [-0.05, 0) is 0 Å². The molecule has 2 N–H and O–H groups in total. The molecule has 6 heavy (non-hydrogen) atoms. The van der Waals surface area contributed by atoms with E-state index in [0.29, 0.717) is 4.54 Å². The molecule has 1 rings (SSSR count). The second-order valence-electron chi connectivity index (χ2n) is 0.794. The van der Waals surface area contributed by atoms with Crippen LogP contribution in [0.2, 0.25) is 0 Å². The van der Waals surface area contributed by atoms with E-state index in [1.165, 1.54) is 0 Å². The van der Waals surface area contributed by atoms with Crippen LogP contribution in [0.5, 0.6) is 0 Å². The minimum Gasteiger partial charge on any atom is -0.0742 e. The van der Waals surface area contributed by atoms with Gasteiger partial charge in [0.25, 0.3) is 0 Å². The van der Waals surface area contributed by atoms with Crippen LogP contribution in [-0.2, 0) is 0 Å². The van der Waals surface area contributed by atoms with Crippen molar-refractivity contribution < 1.29 is 4.54 Å². The number of nitrogens with zero attached hydrogens (tertiary/aromatic N) is 2. The molecule has 0 aliphatic heterocycles. The first-order valence-corrected chi connectivity index (χ1v) is 1.40. The molecule has 0 aliphatic rings. The zero-order valence-corrected chi connectivity index (χ0v) is 2.88. The number of hydrogen-bond donors (Lipinski definition) is 2. The monoisotopic (exact) mass is 87.0 g/mol. The Labute approximate surface area is 32.6 Å². The Balaban J connectivity index is 3.41. The summed E-state index contributed by atoms with van der Waals surface area (Å²) in [4.78, 5) is 9.84. The first-order valence-electron chi connectivity index (χ1n) is 1.40. The Hall–Kier alpha value is -1.13. The number of H-pyrrole nitrogens is 2. The second kappa shape index (κ2) is 0.925. The van der Waals surface area contributed by atoms with E-state index in [1.807, 2.05) is 0 Å². The van der Waals surface area contributed by atoms with Crippen LogP contribution in [0.25, 0.3) is 0 Å². The Morgan fingerprint density at radius 3 is 2.83 bits per heavy atom. The third-order valence-corrected chi connectivity index (χ3v) is 0.387. The summed E-state index contributed by atoms with van der Waals surface area (Å²) in [5.41, 5.74) is 0. The van der Waals surface area contributed by atoms with Crippen molar-refractivity contribution in [2.45, 2.75) is 0 Å². The summed E-state index contributed by atoms with van der Waals surface area (Å²) in [6.45, 7) is 0. The van der Waals surface area contributed by atoms with Gasteiger partial charge in [-0.3, -0.25) is 0 Å². The first-order chi connectivity index (χ1) is 2.89. The van der Waals surface area contributed by atoms with Crippen molar-refractivity contribution in [1.29, 1.82) is 0 Å². The maximum absolute atomic E-state index is 9.84. The van der Waals surface area contributed by atoms with Crippen LogP contribution in [-0.4, -0.2) is 15.5 Å². The lowest BCUT2D eigenvalue weighted by molar-refractivity contribution is -0.565. The first kappa shape index (κ1) is 3.08. The average Bonchev–Trinajstić information content (AvgIpc) is 1.86. The van der Waals surface area contributed by atoms with E-state index in [1.54, 1.807) is 0 Å². The molecule has 0 atom stereocenters. The van der Waals surface area contributed by atoms with E-state index in [-0.39, 0.29) is 0 Å². The third-order valence-electron chi connectivity index (χ3n) is 0.387. The fourth-order valence-electron chi connectivity index (χ4n) is 0.188. The zero-order valence-electron chi connectivity index (χ0n) is 2.88. The highest BCUT2D eigenvalue weighted by Gasteiger charge is 1.78. The summed E-state index contributed by atoms with van der Waals surface area (Å²) in [7, 11) is 0. The normalized spacial score (nSPS) is 8.67. The van der Waals surface area contributed by atoms with Crippen molar-refractivity contribution in [2.24, 2.45) is 0 Å². The lowest BCUT2D eigenvalue weighted by atomic mass is 11.4. The van der Waals surface area contributed by atoms with E-state index >= 15 is 0 Å². The standard InChI is InChI=1S/CH3N4O/c6-5-1-2-3-4-5/h1H,(H2,2,3,4,6)/q+1. The molecule has 0 radical (unpaired) electrons. The van der Waals surface area contributed by atoms with Gasteiger partial charge in [-0.1, -0.05) is 15.3 Å². The van der Waals surface area contributed by atoms with Crippen LogP contribution in [0.15, 0.2) is 6.33 Å². The quantitative estimate of drug-likeness (QED) is 0.384. The predicted octanol–water partition coefficient (Wildman–Crippen LogP) is -1.35. The SMILES string of the molecule is O=[n+]1cn[nH][nH]1. The van der Waals surface area contributed by atoms with Gasteiger partial charge in [0.1, 0.15) is 0 Å². The highest BCUT2D eigenvalue weighted by Crippen LogP contribution is 1.37. The molecule has 1 heterocycles. The lowest BCUT2D eigenvalue weighted by Crippen LogP contribution is -2.12. The molecule has 0 bridgehead atoms. The minimum atomic E-state index is 0.458. The summed E-state index contributed by atoms with van der Waals surface area (Å²) in [6.07, 6.45) is 1.08. The van der Waals surface area contributed by atoms with E-state index in [0.717, 1.165) is 6.33 Å². The van der Waals surface area contributed by atoms with Crippen molar-refractivity contribution in [3.8, 4) is 0 Å². The molecule has 0 unspecified atom stereocenters. The maximum atomic E-state index is 9.84. The summed E-state index contributed by atoms with van der Waals surface area (Å²) in [6, 6.07) is 0. The number of rotatable bonds is 0. The van der Waals surface area contributed by atoms with E-state index in [2.05, 4.69) is 15.5 Å². The molecule has 5 heteroatoms. The van der Waals surface area contributed by atoms with Crippen LogP contribution < -0.4 is 4.54 Å². The van der Waals surface area contributed by atoms with Crippen LogP contribution >= 0.6 is 0 Å². The van der Waals surface area contributed by atoms with Crippen LogP contribution in [0, 0.1) is 4.91 Å². The number of hydrogen-bond acceptors (Lipinski definition) is 2. The van der Waals surface area contributed by atoms with Crippen LogP contribution in [0.4, 0.5) is 0 Å². The maximum Gasteiger partial charge on any atom is 0.330 e. The Morgan fingerprint density at radius 2 is 2.67 bits per heavy atom. The van der Waals surface area contributed by atoms with Gasteiger partial charge in [0.05, 0.1) is 9.64 Å². The number of aromatic nitrogens is 4. The van der Waals surface area contributed by atoms with Crippen LogP contribution in [0.1, 0.15) is 0 Å². The molecular formula is CH3N4O+. The van der Waals surface area contributed by atoms with Gasteiger partial charge in [0.2, 0.25) is 0 Å². The van der Waals surface area contributed by atoms with Crippen molar-refractivity contribution in [3.05, 3.63) is 11.2 Å². The third kappa shape index (κ3) is 0.291. The minimum absolute atomic E-state index is 0.458. The lowest BCUT2D eigenvalue weighted by Gasteiger charge is -1.44. The summed E-state index contributed by atoms with van der Waals surface area (Å²) in [5, 5.41) is 7.62. The van der Waals surface area contributed by atoms with E-state index < -0.39 is 0 Å². The summed E-state index contributed by atoms with van der Waals surface area (Å²) >= 11 is 0. The Bertz CT molecular complexity index is 145. The smallest absolute Gasteiger partial charge is 0.0742 e. The predicted molar refractivity (Wildman–Crippen MR) is 16.3 cm³/mol. The van der Waals surface area contributed by atoms with E-state index in [9.17, 15) is 4.91 Å². The largest absolute Gasteiger partial charge is 0.330 e. The van der Waals surface area contributed by atoms with Gasteiger partial charge < -0.3 is 0 Å². The highest BCUT2D eigenvalue weighted by molar-refractivity contribution is 4.10. The molecular weight excluding hydrogens is 84.0 g/mol. The molecule has 0 amide bonds. The molecule has 0 spiro atoms. The van der Waals surface area contributed by atoms with E-state index in [4.69, 9.17) is 0 Å². The van der Waals surface area contributed by atoms with Crippen molar-refractivity contribution >= 4 is 0 Å². The van der Waals surface area contributed by atoms with Crippen LogP contribution in [0.3, 0.4) is 0 Å². The molecule has 0 aliphatic carbocycles. The molecule has 0 fully saturated rings. The van der Waals surface area contributed by atoms with Gasteiger partial charge in [0, 0.05) is 0 Å². The van der Waals surface area contributed by atoms with Gasteiger partial charge in [0.15, 0.2) is 0 Å². The molecule has 32 valence electrons. The number of nitrogens with one attached hydrogen (secondary N) is 2. The van der Waals surface area contributed by atoms with Crippen molar-refractivity contribution in [1.82, 2.24) is 15.5 Å². The highest BCUT2D eigenvalue weighted by atomic mass is 16.3. The van der Waals surface area contributed by atoms with Crippen molar-refractivity contribution in [2.75, 3.05) is 0 Å². The van der Waals surface area contributed by atoms with Crippen molar-refractivity contribution in [3.63, 3.8) is 0 Å².